The van der Waals surface area contributed by atoms with Crippen LogP contribution in [0.15, 0.2) is 41.3 Å². The van der Waals surface area contributed by atoms with Crippen molar-refractivity contribution in [2.75, 3.05) is 7.11 Å². The van der Waals surface area contributed by atoms with Crippen LogP contribution in [-0.2, 0) is 16.6 Å². The molecule has 0 heterocycles. The Hall–Kier alpha value is -2.16. The Morgan fingerprint density at radius 3 is 2.58 bits per heavy atom. The lowest BCUT2D eigenvalue weighted by atomic mass is 10.2. The number of hydrogen-bond acceptors (Lipinski definition) is 5. The standard InChI is InChI=1S/C15H15ClN2O5S/c1-10-13(16)7-12(8-14(10)18(19)20)24(21,22)17-9-11-5-3-4-6-15(11)23-2/h3-8,17H,9H2,1-2H3. The number of benzene rings is 2. The predicted octanol–water partition coefficient (Wildman–Crippen LogP) is 3.04. The molecule has 24 heavy (non-hydrogen) atoms. The Bertz CT molecular complexity index is 883. The first-order chi connectivity index (χ1) is 11.3. The van der Waals surface area contributed by atoms with Crippen LogP contribution >= 0.6 is 11.6 Å². The summed E-state index contributed by atoms with van der Waals surface area (Å²) >= 11 is 5.92. The summed E-state index contributed by atoms with van der Waals surface area (Å²) in [5.74, 6) is 0.535. The van der Waals surface area contributed by atoms with Gasteiger partial charge in [-0.15, -0.1) is 0 Å². The molecule has 0 radical (unpaired) electrons. The number of nitrogens with one attached hydrogen (secondary N) is 1. The van der Waals surface area contributed by atoms with E-state index in [-0.39, 0.29) is 27.7 Å². The third-order valence-corrected chi connectivity index (χ3v) is 5.22. The Kier molecular flexibility index (Phi) is 5.43. The van der Waals surface area contributed by atoms with Gasteiger partial charge < -0.3 is 4.74 Å². The number of halogens is 1. The summed E-state index contributed by atoms with van der Waals surface area (Å²) in [6, 6.07) is 9.11. The summed E-state index contributed by atoms with van der Waals surface area (Å²) in [4.78, 5) is 10.1. The van der Waals surface area contributed by atoms with Crippen molar-refractivity contribution in [2.24, 2.45) is 0 Å². The number of sulfonamides is 1. The van der Waals surface area contributed by atoms with E-state index in [2.05, 4.69) is 4.72 Å². The van der Waals surface area contributed by atoms with Crippen molar-refractivity contribution >= 4 is 27.3 Å². The summed E-state index contributed by atoms with van der Waals surface area (Å²) in [5, 5.41) is 11.0. The highest BCUT2D eigenvalue weighted by molar-refractivity contribution is 7.89. The van der Waals surface area contributed by atoms with E-state index in [1.54, 1.807) is 24.3 Å². The van der Waals surface area contributed by atoms with Gasteiger partial charge in [-0.25, -0.2) is 13.1 Å². The molecule has 0 unspecified atom stereocenters. The molecule has 0 saturated carbocycles. The molecule has 0 spiro atoms. The van der Waals surface area contributed by atoms with Gasteiger partial charge in [0.15, 0.2) is 0 Å². The summed E-state index contributed by atoms with van der Waals surface area (Å²) in [6.45, 7) is 1.44. The zero-order valence-electron chi connectivity index (χ0n) is 12.9. The number of nitro groups is 1. The minimum atomic E-state index is -3.97. The predicted molar refractivity (Wildman–Crippen MR) is 89.9 cm³/mol. The maximum absolute atomic E-state index is 12.4. The van der Waals surface area contributed by atoms with Gasteiger partial charge in [-0.3, -0.25) is 10.1 Å². The van der Waals surface area contributed by atoms with Crippen LogP contribution in [-0.4, -0.2) is 20.5 Å². The van der Waals surface area contributed by atoms with Crippen molar-refractivity contribution in [1.29, 1.82) is 0 Å². The molecule has 0 fully saturated rings. The normalized spacial score (nSPS) is 11.3. The molecule has 0 bridgehead atoms. The number of para-hydroxylation sites is 1. The van der Waals surface area contributed by atoms with Crippen LogP contribution in [0.2, 0.25) is 5.02 Å². The van der Waals surface area contributed by atoms with E-state index in [0.29, 0.717) is 11.3 Å². The SMILES string of the molecule is COc1ccccc1CNS(=O)(=O)c1cc(Cl)c(C)c([N+](=O)[O-])c1. The van der Waals surface area contributed by atoms with Crippen LogP contribution in [0, 0.1) is 17.0 Å². The lowest BCUT2D eigenvalue weighted by Crippen LogP contribution is -2.23. The van der Waals surface area contributed by atoms with Gasteiger partial charge in [-0.2, -0.15) is 0 Å². The van der Waals surface area contributed by atoms with E-state index in [0.717, 1.165) is 6.07 Å². The lowest BCUT2D eigenvalue weighted by Gasteiger charge is -2.11. The van der Waals surface area contributed by atoms with Gasteiger partial charge in [0.2, 0.25) is 10.0 Å². The third-order valence-electron chi connectivity index (χ3n) is 3.44. The third kappa shape index (κ3) is 3.84. The summed E-state index contributed by atoms with van der Waals surface area (Å²) in [6.07, 6.45) is 0. The topological polar surface area (TPSA) is 98.5 Å². The van der Waals surface area contributed by atoms with Crippen molar-refractivity contribution < 1.29 is 18.1 Å². The van der Waals surface area contributed by atoms with E-state index in [4.69, 9.17) is 16.3 Å². The van der Waals surface area contributed by atoms with E-state index in [1.165, 1.54) is 20.1 Å². The Balaban J connectivity index is 2.33. The molecule has 0 aliphatic carbocycles. The largest absolute Gasteiger partial charge is 0.496 e. The van der Waals surface area contributed by atoms with Gasteiger partial charge in [0, 0.05) is 23.7 Å². The highest BCUT2D eigenvalue weighted by atomic mass is 35.5. The van der Waals surface area contributed by atoms with Crippen molar-refractivity contribution in [1.82, 2.24) is 4.72 Å². The van der Waals surface area contributed by atoms with Gasteiger partial charge in [-0.05, 0) is 19.1 Å². The molecule has 9 heteroatoms. The zero-order valence-corrected chi connectivity index (χ0v) is 14.5. The molecule has 0 saturated heterocycles. The second-order valence-electron chi connectivity index (χ2n) is 4.94. The fraction of sp³-hybridized carbons (Fsp3) is 0.200. The summed E-state index contributed by atoms with van der Waals surface area (Å²) in [5.41, 5.74) is 0.502. The van der Waals surface area contributed by atoms with Gasteiger partial charge in [0.25, 0.3) is 5.69 Å². The maximum Gasteiger partial charge on any atom is 0.275 e. The van der Waals surface area contributed by atoms with Crippen LogP contribution in [0.1, 0.15) is 11.1 Å². The van der Waals surface area contributed by atoms with E-state index < -0.39 is 14.9 Å². The fourth-order valence-corrected chi connectivity index (χ4v) is 3.42. The van der Waals surface area contributed by atoms with Crippen LogP contribution in [0.3, 0.4) is 0 Å². The van der Waals surface area contributed by atoms with E-state index in [9.17, 15) is 18.5 Å². The molecule has 0 aromatic heterocycles. The lowest BCUT2D eigenvalue weighted by molar-refractivity contribution is -0.385. The first-order valence-corrected chi connectivity index (χ1v) is 8.68. The van der Waals surface area contributed by atoms with Crippen molar-refractivity contribution in [2.45, 2.75) is 18.4 Å². The van der Waals surface area contributed by atoms with Gasteiger partial charge >= 0.3 is 0 Å². The summed E-state index contributed by atoms with van der Waals surface area (Å²) < 4.78 is 32.4. The minimum absolute atomic E-state index is 0.0156. The molecule has 2 aromatic rings. The van der Waals surface area contributed by atoms with Crippen LogP contribution in [0.4, 0.5) is 5.69 Å². The molecular formula is C15H15ClN2O5S. The molecule has 0 atom stereocenters. The molecule has 2 aromatic carbocycles. The van der Waals surface area contributed by atoms with Crippen molar-refractivity contribution in [3.05, 3.63) is 62.7 Å². The average molecular weight is 371 g/mol. The number of methoxy groups -OCH3 is 1. The Morgan fingerprint density at radius 2 is 1.96 bits per heavy atom. The first-order valence-electron chi connectivity index (χ1n) is 6.82. The number of rotatable bonds is 6. The smallest absolute Gasteiger partial charge is 0.275 e. The number of nitrogens with zero attached hydrogens (tertiary/aromatic N) is 1. The first kappa shape index (κ1) is 18.2. The minimum Gasteiger partial charge on any atom is -0.496 e. The Morgan fingerprint density at radius 1 is 1.29 bits per heavy atom. The summed E-state index contributed by atoms with van der Waals surface area (Å²) in [7, 11) is -2.49. The molecule has 128 valence electrons. The van der Waals surface area contributed by atoms with Gasteiger partial charge in [-0.1, -0.05) is 29.8 Å². The zero-order chi connectivity index (χ0) is 17.9. The highest BCUT2D eigenvalue weighted by Gasteiger charge is 2.22. The van der Waals surface area contributed by atoms with Crippen LogP contribution in [0.5, 0.6) is 5.75 Å². The van der Waals surface area contributed by atoms with Crippen LogP contribution in [0.25, 0.3) is 0 Å². The fourth-order valence-electron chi connectivity index (χ4n) is 2.09. The van der Waals surface area contributed by atoms with Gasteiger partial charge in [0.05, 0.1) is 22.0 Å². The van der Waals surface area contributed by atoms with Crippen LogP contribution < -0.4 is 9.46 Å². The number of nitro benzene ring substituents is 1. The Labute approximate surface area is 144 Å². The molecular weight excluding hydrogens is 356 g/mol. The monoisotopic (exact) mass is 370 g/mol. The molecule has 0 aliphatic heterocycles. The molecule has 0 amide bonds. The van der Waals surface area contributed by atoms with Crippen molar-refractivity contribution in [3.63, 3.8) is 0 Å². The maximum atomic E-state index is 12.4. The molecule has 7 nitrogen and oxygen atoms in total. The molecule has 1 N–H and O–H groups in total. The molecule has 2 rings (SSSR count). The van der Waals surface area contributed by atoms with Crippen molar-refractivity contribution in [3.8, 4) is 5.75 Å². The second-order valence-corrected chi connectivity index (χ2v) is 7.12. The second kappa shape index (κ2) is 7.16. The van der Waals surface area contributed by atoms with Gasteiger partial charge in [0.1, 0.15) is 5.75 Å². The quantitative estimate of drug-likeness (QED) is 0.622. The van der Waals surface area contributed by atoms with E-state index >= 15 is 0 Å². The molecule has 0 aliphatic rings. The number of ether oxygens (including phenoxy) is 1. The highest BCUT2D eigenvalue weighted by Crippen LogP contribution is 2.29. The number of hydrogen-bond donors (Lipinski definition) is 1. The van der Waals surface area contributed by atoms with E-state index in [1.807, 2.05) is 0 Å². The average Bonchev–Trinajstić information content (AvgIpc) is 2.55.